The standard InChI is InChI=1S/C60H64ClN11O10S/c1-60(2)20-18-40(47(32-60)38-8-10-41(61)11-9-38)36-69-25-27-70(28-26-69)42-12-14-45(52(30-42)82-43-29-39-19-21-63-55(39)65-34-43)56(74)67-83(80,81)44-13-15-48(51(31-44)72(78)79)64-33-37-5-4-23-68(35-37)24-22-62-49-7-3-6-46-54(49)59(77)71(58(46)76)50-16-17-53(73)66-57(50)75/h3,6-15,19,21,29-31,34,37,50,62,64H,4-5,16-18,20,22-28,32-33,35-36H2,1-2H3,(H,63,65)(H,67,74)(H,66,73,75). The molecule has 4 aromatic carbocycles. The Hall–Kier alpha value is -8.18. The number of imide groups is 2. The van der Waals surface area contributed by atoms with Crippen molar-refractivity contribution in [3.8, 4) is 11.5 Å². The highest BCUT2D eigenvalue weighted by Crippen LogP contribution is 2.44. The number of nitro groups is 1. The minimum absolute atomic E-state index is 0.0188. The largest absolute Gasteiger partial charge is 0.455 e. The summed E-state index contributed by atoms with van der Waals surface area (Å²) >= 11 is 6.27. The number of benzene rings is 4. The predicted octanol–water partition coefficient (Wildman–Crippen LogP) is 8.46. The Bertz CT molecular complexity index is 3710. The Labute approximate surface area is 485 Å². The first-order valence-electron chi connectivity index (χ1n) is 28.0. The Morgan fingerprint density at radius 1 is 0.892 bits per heavy atom. The summed E-state index contributed by atoms with van der Waals surface area (Å²) < 4.78 is 36.5. The van der Waals surface area contributed by atoms with Crippen LogP contribution >= 0.6 is 11.6 Å². The number of amides is 5. The molecule has 23 heteroatoms. The molecule has 2 atom stereocenters. The summed E-state index contributed by atoms with van der Waals surface area (Å²) in [4.78, 5) is 92.1. The van der Waals surface area contributed by atoms with Crippen LogP contribution in [0.4, 0.5) is 22.7 Å². The highest BCUT2D eigenvalue weighted by Gasteiger charge is 2.46. The number of likely N-dealkylation sites (tertiary alicyclic amines) is 1. The van der Waals surface area contributed by atoms with Crippen LogP contribution in [0.5, 0.6) is 11.5 Å². The lowest BCUT2D eigenvalue weighted by molar-refractivity contribution is -0.384. The number of anilines is 3. The number of allylic oxidation sites excluding steroid dienone is 1. The molecule has 21 nitrogen and oxygen atoms in total. The molecular weight excluding hydrogens is 1100 g/mol. The van der Waals surface area contributed by atoms with E-state index in [1.807, 2.05) is 18.2 Å². The fraction of sp³-hybridized carbons (Fsp3) is 0.367. The molecule has 6 aromatic rings. The van der Waals surface area contributed by atoms with E-state index in [0.717, 1.165) is 80.3 Å². The van der Waals surface area contributed by atoms with Gasteiger partial charge in [0.25, 0.3) is 33.4 Å². The number of H-pyrrole nitrogens is 1. The zero-order chi connectivity index (χ0) is 58.2. The van der Waals surface area contributed by atoms with Crippen LogP contribution in [0.2, 0.25) is 5.02 Å². The van der Waals surface area contributed by atoms with Crippen LogP contribution in [-0.4, -0.2) is 139 Å². The monoisotopic (exact) mass is 1170 g/mol. The van der Waals surface area contributed by atoms with Crippen LogP contribution in [0, 0.1) is 21.4 Å². The smallest absolute Gasteiger partial charge is 0.293 e. The fourth-order valence-electron chi connectivity index (χ4n) is 12.0. The molecule has 5 amide bonds. The number of sulfonamides is 1. The molecule has 5 aliphatic rings. The first kappa shape index (κ1) is 56.7. The lowest BCUT2D eigenvalue weighted by Crippen LogP contribution is -2.54. The summed E-state index contributed by atoms with van der Waals surface area (Å²) in [5.41, 5.74) is 6.01. The van der Waals surface area contributed by atoms with Gasteiger partial charge in [-0.1, -0.05) is 49.2 Å². The second kappa shape index (κ2) is 23.6. The van der Waals surface area contributed by atoms with E-state index in [2.05, 4.69) is 71.3 Å². The quantitative estimate of drug-likeness (QED) is 0.0307. The number of nitrogens with zero attached hydrogens (tertiary/aromatic N) is 6. The SMILES string of the molecule is CC1(C)CCC(CN2CCN(c3ccc(C(=O)NS(=O)(=O)c4ccc(NCC5CCCN(CCNc6cccc7c6C(=O)N(C6CCC(=O)NC6=O)C7=O)C5)c([N+](=O)[O-])c4)c(Oc4cnc5[nH]ccc5c4)c3)CC2)=C(c2ccc(Cl)cc2)C1. The number of pyridine rings is 1. The van der Waals surface area contributed by atoms with Gasteiger partial charge in [0.2, 0.25) is 11.8 Å². The minimum Gasteiger partial charge on any atom is -0.455 e. The van der Waals surface area contributed by atoms with Crippen molar-refractivity contribution in [2.45, 2.75) is 69.7 Å². The van der Waals surface area contributed by atoms with Gasteiger partial charge in [-0.15, -0.1) is 0 Å². The normalized spacial score (nSPS) is 19.7. The third-order valence-corrected chi connectivity index (χ3v) is 18.0. The third kappa shape index (κ3) is 12.5. The van der Waals surface area contributed by atoms with Crippen LogP contribution in [0.3, 0.4) is 0 Å². The molecule has 2 unspecified atom stereocenters. The number of nitro benzene ring substituents is 1. The second-order valence-electron chi connectivity index (χ2n) is 22.7. The van der Waals surface area contributed by atoms with Crippen LogP contribution in [0.25, 0.3) is 16.6 Å². The van der Waals surface area contributed by atoms with Crippen molar-refractivity contribution in [1.29, 1.82) is 0 Å². The number of piperazine rings is 1. The van der Waals surface area contributed by atoms with Gasteiger partial charge in [0, 0.05) is 105 Å². The molecule has 0 saturated carbocycles. The highest BCUT2D eigenvalue weighted by molar-refractivity contribution is 7.90. The van der Waals surface area contributed by atoms with Gasteiger partial charge in [0.15, 0.2) is 0 Å². The molecule has 83 heavy (non-hydrogen) atoms. The van der Waals surface area contributed by atoms with Gasteiger partial charge in [-0.2, -0.15) is 0 Å². The number of carbonyl (C=O) groups is 5. The van der Waals surface area contributed by atoms with E-state index in [1.165, 1.54) is 41.1 Å². The molecule has 0 radical (unpaired) electrons. The summed E-state index contributed by atoms with van der Waals surface area (Å²) in [5.74, 6) is -2.85. The Balaban J connectivity index is 0.727. The van der Waals surface area contributed by atoms with Crippen molar-refractivity contribution >= 4 is 90.5 Å². The van der Waals surface area contributed by atoms with Gasteiger partial charge in [0.1, 0.15) is 28.9 Å². The maximum Gasteiger partial charge on any atom is 0.293 e. The lowest BCUT2D eigenvalue weighted by atomic mass is 9.72. The molecule has 4 aliphatic heterocycles. The number of ether oxygens (including phenoxy) is 1. The second-order valence-corrected chi connectivity index (χ2v) is 24.8. The molecule has 11 rings (SSSR count). The van der Waals surface area contributed by atoms with Gasteiger partial charge in [-0.25, -0.2) is 18.1 Å². The molecule has 0 spiro atoms. The van der Waals surface area contributed by atoms with Crippen LogP contribution in [-0.2, 0) is 19.6 Å². The number of nitrogens with one attached hydrogen (secondary N) is 5. The van der Waals surface area contributed by atoms with Crippen LogP contribution in [0.1, 0.15) is 95.4 Å². The number of fused-ring (bicyclic) bond motifs is 2. The number of rotatable bonds is 18. The molecule has 0 bridgehead atoms. The van der Waals surface area contributed by atoms with Gasteiger partial charge in [-0.05, 0) is 128 Å². The molecule has 3 saturated heterocycles. The topological polar surface area (TPSA) is 262 Å². The highest BCUT2D eigenvalue weighted by atomic mass is 35.5. The summed E-state index contributed by atoms with van der Waals surface area (Å²) in [6.07, 6.45) is 8.12. The maximum atomic E-state index is 14.2. The van der Waals surface area contributed by atoms with E-state index in [4.69, 9.17) is 16.3 Å². The van der Waals surface area contributed by atoms with Crippen molar-refractivity contribution in [2.24, 2.45) is 11.3 Å². The molecule has 6 heterocycles. The number of piperidine rings is 2. The zero-order valence-electron chi connectivity index (χ0n) is 46.0. The first-order valence-corrected chi connectivity index (χ1v) is 29.8. The van der Waals surface area contributed by atoms with E-state index in [9.17, 15) is 42.5 Å². The van der Waals surface area contributed by atoms with Gasteiger partial charge in [-0.3, -0.25) is 49.2 Å². The van der Waals surface area contributed by atoms with Crippen molar-refractivity contribution in [2.75, 3.05) is 81.0 Å². The predicted molar refractivity (Wildman–Crippen MR) is 314 cm³/mol. The van der Waals surface area contributed by atoms with Crippen molar-refractivity contribution in [1.82, 2.24) is 34.7 Å². The van der Waals surface area contributed by atoms with E-state index in [0.29, 0.717) is 61.4 Å². The van der Waals surface area contributed by atoms with E-state index < -0.39 is 61.1 Å². The summed E-state index contributed by atoms with van der Waals surface area (Å²) in [6.45, 7) is 11.2. The molecule has 2 aromatic heterocycles. The molecule has 5 N–H and O–H groups in total. The molecule has 432 valence electrons. The molecule has 3 fully saturated rings. The van der Waals surface area contributed by atoms with E-state index in [-0.39, 0.29) is 52.3 Å². The van der Waals surface area contributed by atoms with Gasteiger partial charge >= 0.3 is 0 Å². The summed E-state index contributed by atoms with van der Waals surface area (Å²) in [6, 6.07) is 24.0. The van der Waals surface area contributed by atoms with Crippen LogP contribution in [0.15, 0.2) is 114 Å². The number of hydrogen-bond acceptors (Lipinski definition) is 16. The number of carbonyl (C=O) groups excluding carboxylic acids is 5. The Kier molecular flexibility index (Phi) is 16.1. The average molecular weight is 1170 g/mol. The Morgan fingerprint density at radius 3 is 2.48 bits per heavy atom. The van der Waals surface area contributed by atoms with E-state index in [1.54, 1.807) is 42.6 Å². The summed E-state index contributed by atoms with van der Waals surface area (Å²) in [7, 11) is -4.67. The van der Waals surface area contributed by atoms with Crippen molar-refractivity contribution < 1.29 is 42.1 Å². The van der Waals surface area contributed by atoms with Gasteiger partial charge < -0.3 is 30.2 Å². The van der Waals surface area contributed by atoms with Gasteiger partial charge in [0.05, 0.1) is 32.7 Å². The molecule has 1 aliphatic carbocycles. The minimum atomic E-state index is -4.67. The van der Waals surface area contributed by atoms with Crippen molar-refractivity contribution in [3.63, 3.8) is 0 Å². The number of aromatic amines is 1. The number of aromatic nitrogens is 2. The average Bonchev–Trinajstić information content (AvgIpc) is 3.45. The first-order chi connectivity index (χ1) is 39.9. The Morgan fingerprint density at radius 2 is 1.70 bits per heavy atom. The number of hydrogen-bond donors (Lipinski definition) is 5. The maximum absolute atomic E-state index is 14.2. The van der Waals surface area contributed by atoms with Crippen molar-refractivity contribution in [3.05, 3.63) is 146 Å². The number of halogens is 1. The van der Waals surface area contributed by atoms with E-state index >= 15 is 0 Å². The fourth-order valence-corrected chi connectivity index (χ4v) is 13.1. The summed E-state index contributed by atoms with van der Waals surface area (Å²) in [5, 5.41) is 22.7. The molecular formula is C60H64ClN11O10S. The third-order valence-electron chi connectivity index (χ3n) is 16.4. The lowest BCUT2D eigenvalue weighted by Gasteiger charge is -2.39. The van der Waals surface area contributed by atoms with Crippen LogP contribution < -0.4 is 30.3 Å². The zero-order valence-corrected chi connectivity index (χ0v) is 47.6.